The Morgan fingerprint density at radius 2 is 1.85 bits per heavy atom. The third kappa shape index (κ3) is 3.41. The molecule has 3 rings (SSSR count). The van der Waals surface area contributed by atoms with E-state index in [2.05, 4.69) is 10.6 Å². The van der Waals surface area contributed by atoms with Crippen LogP contribution in [0.25, 0.3) is 5.57 Å². The van der Waals surface area contributed by atoms with Crippen molar-refractivity contribution in [2.75, 3.05) is 17.2 Å². The summed E-state index contributed by atoms with van der Waals surface area (Å²) >= 11 is 0. The van der Waals surface area contributed by atoms with E-state index in [4.69, 9.17) is 9.84 Å². The summed E-state index contributed by atoms with van der Waals surface area (Å²) in [5.41, 5.74) is 2.81. The third-order valence-electron chi connectivity index (χ3n) is 3.83. The lowest BCUT2D eigenvalue weighted by Gasteiger charge is -2.05. The Bertz CT molecular complexity index is 916. The summed E-state index contributed by atoms with van der Waals surface area (Å²) in [6.45, 7) is 2.00. The van der Waals surface area contributed by atoms with E-state index in [1.165, 1.54) is 12.1 Å². The zero-order chi connectivity index (χ0) is 18.7. The fourth-order valence-electron chi connectivity index (χ4n) is 2.54. The van der Waals surface area contributed by atoms with Crippen molar-refractivity contribution in [3.8, 4) is 0 Å². The number of benzene rings is 2. The molecule has 26 heavy (non-hydrogen) atoms. The highest BCUT2D eigenvalue weighted by atomic mass is 16.5. The zero-order valence-corrected chi connectivity index (χ0v) is 13.9. The van der Waals surface area contributed by atoms with Crippen molar-refractivity contribution in [2.45, 2.75) is 6.92 Å². The van der Waals surface area contributed by atoms with Crippen LogP contribution >= 0.6 is 0 Å². The van der Waals surface area contributed by atoms with Crippen molar-refractivity contribution < 1.29 is 24.2 Å². The fourth-order valence-corrected chi connectivity index (χ4v) is 2.54. The van der Waals surface area contributed by atoms with Crippen molar-refractivity contribution in [2.24, 2.45) is 0 Å². The van der Waals surface area contributed by atoms with Crippen LogP contribution < -0.4 is 10.6 Å². The summed E-state index contributed by atoms with van der Waals surface area (Å²) in [5, 5.41) is 14.6. The molecule has 132 valence electrons. The van der Waals surface area contributed by atoms with E-state index in [0.29, 0.717) is 28.1 Å². The van der Waals surface area contributed by atoms with Gasteiger partial charge >= 0.3 is 11.9 Å². The average molecular weight is 352 g/mol. The lowest BCUT2D eigenvalue weighted by molar-refractivity contribution is -0.110. The Morgan fingerprint density at radius 1 is 1.15 bits per heavy atom. The minimum absolute atomic E-state index is 0.179. The SMILES string of the molecule is CCOC(=O)c1ccc2c(c1)NC(=O)C2=CNc1ccc(C(=O)O)cc1. The lowest BCUT2D eigenvalue weighted by atomic mass is 10.1. The highest BCUT2D eigenvalue weighted by Gasteiger charge is 2.25. The number of rotatable bonds is 5. The van der Waals surface area contributed by atoms with E-state index in [9.17, 15) is 14.4 Å². The molecular weight excluding hydrogens is 336 g/mol. The summed E-state index contributed by atoms with van der Waals surface area (Å²) in [4.78, 5) is 34.8. The molecule has 1 amide bonds. The summed E-state index contributed by atoms with van der Waals surface area (Å²) in [6.07, 6.45) is 1.54. The van der Waals surface area contributed by atoms with Crippen LogP contribution in [-0.2, 0) is 9.53 Å². The van der Waals surface area contributed by atoms with Crippen LogP contribution in [0.5, 0.6) is 0 Å². The van der Waals surface area contributed by atoms with Crippen molar-refractivity contribution in [3.63, 3.8) is 0 Å². The Labute approximate surface area is 149 Å². The lowest BCUT2D eigenvalue weighted by Crippen LogP contribution is -2.06. The minimum Gasteiger partial charge on any atom is -0.478 e. The first kappa shape index (κ1) is 17.2. The molecule has 1 aliphatic rings. The first-order valence-corrected chi connectivity index (χ1v) is 7.92. The number of amides is 1. The molecule has 7 nitrogen and oxygen atoms in total. The number of carboxylic acids is 1. The average Bonchev–Trinajstić information content (AvgIpc) is 2.94. The van der Waals surface area contributed by atoms with E-state index >= 15 is 0 Å². The predicted octanol–water partition coefficient (Wildman–Crippen LogP) is 2.97. The molecule has 1 heterocycles. The first-order valence-electron chi connectivity index (χ1n) is 7.92. The van der Waals surface area contributed by atoms with Gasteiger partial charge in [0.25, 0.3) is 5.91 Å². The van der Waals surface area contributed by atoms with Crippen LogP contribution in [-0.4, -0.2) is 29.6 Å². The quantitative estimate of drug-likeness (QED) is 0.564. The fraction of sp³-hybridized carbons (Fsp3) is 0.105. The second-order valence-electron chi connectivity index (χ2n) is 5.52. The van der Waals surface area contributed by atoms with E-state index < -0.39 is 11.9 Å². The number of fused-ring (bicyclic) bond motifs is 1. The molecule has 0 saturated heterocycles. The van der Waals surface area contributed by atoms with Gasteiger partial charge in [-0.2, -0.15) is 0 Å². The van der Waals surface area contributed by atoms with Crippen LogP contribution in [0.4, 0.5) is 11.4 Å². The molecule has 0 bridgehead atoms. The van der Waals surface area contributed by atoms with Crippen LogP contribution in [0.2, 0.25) is 0 Å². The van der Waals surface area contributed by atoms with Gasteiger partial charge in [0.15, 0.2) is 0 Å². The Morgan fingerprint density at radius 3 is 2.50 bits per heavy atom. The van der Waals surface area contributed by atoms with Gasteiger partial charge in [-0.05, 0) is 43.3 Å². The highest BCUT2D eigenvalue weighted by molar-refractivity contribution is 6.31. The van der Waals surface area contributed by atoms with Gasteiger partial charge in [-0.15, -0.1) is 0 Å². The van der Waals surface area contributed by atoms with E-state index in [0.717, 1.165) is 0 Å². The maximum atomic E-state index is 12.2. The van der Waals surface area contributed by atoms with Crippen molar-refractivity contribution >= 4 is 34.8 Å². The molecule has 0 aromatic heterocycles. The zero-order valence-electron chi connectivity index (χ0n) is 13.9. The van der Waals surface area contributed by atoms with Gasteiger partial charge in [0, 0.05) is 23.1 Å². The number of anilines is 2. The maximum Gasteiger partial charge on any atom is 0.338 e. The van der Waals surface area contributed by atoms with Crippen LogP contribution in [0.15, 0.2) is 48.7 Å². The van der Waals surface area contributed by atoms with E-state index in [-0.39, 0.29) is 18.1 Å². The molecule has 0 radical (unpaired) electrons. The molecule has 0 atom stereocenters. The second-order valence-corrected chi connectivity index (χ2v) is 5.52. The van der Waals surface area contributed by atoms with Gasteiger partial charge in [0.2, 0.25) is 0 Å². The van der Waals surface area contributed by atoms with E-state index in [1.807, 2.05) is 0 Å². The van der Waals surface area contributed by atoms with Gasteiger partial charge in [0.1, 0.15) is 0 Å². The standard InChI is InChI=1S/C19H16N2O5/c1-2-26-19(25)12-5-8-14-15(17(22)21-16(14)9-12)10-20-13-6-3-11(4-7-13)18(23)24/h3-10,20H,2H2,1H3,(H,21,22)(H,23,24). The number of ether oxygens (including phenoxy) is 1. The molecule has 0 spiro atoms. The highest BCUT2D eigenvalue weighted by Crippen LogP contribution is 2.32. The Balaban J connectivity index is 1.81. The molecule has 0 fully saturated rings. The van der Waals surface area contributed by atoms with Crippen LogP contribution in [0.1, 0.15) is 33.2 Å². The molecule has 2 aromatic carbocycles. The molecule has 0 aliphatic carbocycles. The number of carbonyl (C=O) groups is 3. The molecule has 0 saturated carbocycles. The topological polar surface area (TPSA) is 105 Å². The number of nitrogens with one attached hydrogen (secondary N) is 2. The third-order valence-corrected chi connectivity index (χ3v) is 3.83. The van der Waals surface area contributed by atoms with Crippen molar-refractivity contribution in [3.05, 3.63) is 65.4 Å². The van der Waals surface area contributed by atoms with Crippen LogP contribution in [0, 0.1) is 0 Å². The monoisotopic (exact) mass is 352 g/mol. The minimum atomic E-state index is -1.00. The van der Waals surface area contributed by atoms with Crippen LogP contribution in [0.3, 0.4) is 0 Å². The number of hydrogen-bond donors (Lipinski definition) is 3. The normalized spacial score (nSPS) is 13.9. The molecular formula is C19H16N2O5. The summed E-state index contributed by atoms with van der Waals surface area (Å²) < 4.78 is 4.95. The Kier molecular flexibility index (Phi) is 4.70. The molecule has 3 N–H and O–H groups in total. The van der Waals surface area contributed by atoms with Gasteiger partial charge < -0.3 is 20.5 Å². The maximum absolute atomic E-state index is 12.2. The first-order chi connectivity index (χ1) is 12.5. The van der Waals surface area contributed by atoms with Crippen molar-refractivity contribution in [1.29, 1.82) is 0 Å². The second kappa shape index (κ2) is 7.10. The summed E-state index contributed by atoms with van der Waals surface area (Å²) in [6, 6.07) is 11.0. The summed E-state index contributed by atoms with van der Waals surface area (Å²) in [7, 11) is 0. The molecule has 7 heteroatoms. The van der Waals surface area contributed by atoms with Gasteiger partial charge in [-0.1, -0.05) is 6.07 Å². The van der Waals surface area contributed by atoms with Gasteiger partial charge in [0.05, 0.1) is 23.3 Å². The Hall–Kier alpha value is -3.61. The number of carboxylic acid groups (broad SMARTS) is 1. The van der Waals surface area contributed by atoms with E-state index in [1.54, 1.807) is 43.5 Å². The van der Waals surface area contributed by atoms with Gasteiger partial charge in [-0.25, -0.2) is 9.59 Å². The number of aromatic carboxylic acids is 1. The van der Waals surface area contributed by atoms with Gasteiger partial charge in [-0.3, -0.25) is 4.79 Å². The largest absolute Gasteiger partial charge is 0.478 e. The molecule has 1 aliphatic heterocycles. The molecule has 0 unspecified atom stereocenters. The van der Waals surface area contributed by atoms with Crippen molar-refractivity contribution in [1.82, 2.24) is 0 Å². The molecule has 2 aromatic rings. The predicted molar refractivity (Wildman–Crippen MR) is 96.0 cm³/mol. The number of hydrogen-bond acceptors (Lipinski definition) is 5. The number of esters is 1. The number of carbonyl (C=O) groups excluding carboxylic acids is 2. The summed E-state index contributed by atoms with van der Waals surface area (Å²) in [5.74, 6) is -1.74. The smallest absolute Gasteiger partial charge is 0.338 e.